The molecule has 0 spiro atoms. The van der Waals surface area contributed by atoms with Crippen molar-refractivity contribution in [1.82, 2.24) is 4.98 Å². The minimum absolute atomic E-state index is 0.707. The van der Waals surface area contributed by atoms with Gasteiger partial charge in [0, 0.05) is 28.5 Å². The van der Waals surface area contributed by atoms with Gasteiger partial charge in [0.2, 0.25) is 0 Å². The zero-order chi connectivity index (χ0) is 16.4. The Balaban J connectivity index is 2.30. The molecule has 0 bridgehead atoms. The molecule has 23 heavy (non-hydrogen) atoms. The lowest BCUT2D eigenvalue weighted by atomic mass is 10.0. The molecule has 1 heterocycles. The Morgan fingerprint density at radius 1 is 0.913 bits per heavy atom. The van der Waals surface area contributed by atoms with Crippen LogP contribution < -0.4 is 4.90 Å². The van der Waals surface area contributed by atoms with Gasteiger partial charge in [0.1, 0.15) is 5.82 Å². The lowest BCUT2D eigenvalue weighted by Gasteiger charge is -2.21. The molecule has 0 aliphatic heterocycles. The molecule has 1 aromatic heterocycles. The van der Waals surface area contributed by atoms with Crippen molar-refractivity contribution >= 4 is 39.9 Å². The molecule has 2 aromatic carbocycles. The summed E-state index contributed by atoms with van der Waals surface area (Å²) in [6.45, 7) is 6.10. The van der Waals surface area contributed by atoms with E-state index >= 15 is 0 Å². The van der Waals surface area contributed by atoms with Crippen molar-refractivity contribution in [3.05, 3.63) is 58.6 Å². The number of halogens is 2. The van der Waals surface area contributed by atoms with Gasteiger partial charge in [-0.2, -0.15) is 0 Å². The summed E-state index contributed by atoms with van der Waals surface area (Å²) in [7, 11) is 0. The first-order chi connectivity index (χ1) is 11.1. The zero-order valence-electron chi connectivity index (χ0n) is 13.2. The monoisotopic (exact) mass is 344 g/mol. The molecule has 0 radical (unpaired) electrons. The molecule has 0 N–H and O–H groups in total. The number of hydrogen-bond acceptors (Lipinski definition) is 2. The molecule has 0 unspecified atom stereocenters. The molecular weight excluding hydrogens is 327 g/mol. The highest BCUT2D eigenvalue weighted by Crippen LogP contribution is 2.34. The minimum Gasteiger partial charge on any atom is -0.357 e. The maximum absolute atomic E-state index is 6.20. The Kier molecular flexibility index (Phi) is 4.74. The van der Waals surface area contributed by atoms with Crippen molar-refractivity contribution in [2.75, 3.05) is 18.0 Å². The van der Waals surface area contributed by atoms with Gasteiger partial charge in [-0.05, 0) is 61.4 Å². The van der Waals surface area contributed by atoms with Gasteiger partial charge in [-0.15, -0.1) is 0 Å². The first-order valence-corrected chi connectivity index (χ1v) is 8.49. The van der Waals surface area contributed by atoms with Gasteiger partial charge in [0.05, 0.1) is 5.52 Å². The Labute approximate surface area is 146 Å². The van der Waals surface area contributed by atoms with Crippen molar-refractivity contribution in [2.45, 2.75) is 13.8 Å². The molecule has 0 fully saturated rings. The van der Waals surface area contributed by atoms with Crippen molar-refractivity contribution in [3.8, 4) is 11.1 Å². The van der Waals surface area contributed by atoms with Crippen LogP contribution in [0.1, 0.15) is 13.8 Å². The average Bonchev–Trinajstić information content (AvgIpc) is 2.55. The maximum Gasteiger partial charge on any atom is 0.129 e. The third-order valence-corrected chi connectivity index (χ3v) is 4.45. The summed E-state index contributed by atoms with van der Waals surface area (Å²) in [6.07, 6.45) is 0. The fourth-order valence-electron chi connectivity index (χ4n) is 2.79. The van der Waals surface area contributed by atoms with E-state index in [0.717, 1.165) is 46.0 Å². The molecule has 0 saturated carbocycles. The second kappa shape index (κ2) is 6.77. The summed E-state index contributed by atoms with van der Waals surface area (Å²) in [5.74, 6) is 0.972. The van der Waals surface area contributed by atoms with Crippen molar-refractivity contribution in [3.63, 3.8) is 0 Å². The quantitative estimate of drug-likeness (QED) is 0.572. The number of fused-ring (bicyclic) bond motifs is 1. The third kappa shape index (κ3) is 3.29. The topological polar surface area (TPSA) is 16.1 Å². The Bertz CT molecular complexity index is 842. The van der Waals surface area contributed by atoms with Crippen LogP contribution in [0.15, 0.2) is 48.5 Å². The first-order valence-electron chi connectivity index (χ1n) is 7.73. The highest BCUT2D eigenvalue weighted by Gasteiger charge is 2.12. The maximum atomic E-state index is 6.20. The summed E-state index contributed by atoms with van der Waals surface area (Å²) in [5, 5.41) is 2.47. The molecule has 0 aliphatic carbocycles. The van der Waals surface area contributed by atoms with Crippen LogP contribution in [0.25, 0.3) is 22.0 Å². The highest BCUT2D eigenvalue weighted by molar-refractivity contribution is 6.32. The van der Waals surface area contributed by atoms with Crippen LogP contribution in [-0.2, 0) is 0 Å². The molecule has 0 amide bonds. The molecule has 3 aromatic rings. The summed E-state index contributed by atoms with van der Waals surface area (Å²) in [6, 6.07) is 15.8. The van der Waals surface area contributed by atoms with E-state index in [-0.39, 0.29) is 0 Å². The molecular formula is C19H18Cl2N2. The van der Waals surface area contributed by atoms with E-state index in [9.17, 15) is 0 Å². The van der Waals surface area contributed by atoms with Crippen LogP contribution in [0, 0.1) is 0 Å². The Morgan fingerprint density at radius 3 is 2.35 bits per heavy atom. The average molecular weight is 345 g/mol. The fraction of sp³-hybridized carbons (Fsp3) is 0.211. The van der Waals surface area contributed by atoms with Crippen molar-refractivity contribution in [2.24, 2.45) is 0 Å². The largest absolute Gasteiger partial charge is 0.357 e. The molecule has 4 heteroatoms. The number of nitrogens with zero attached hydrogens (tertiary/aromatic N) is 2. The van der Waals surface area contributed by atoms with Crippen LogP contribution >= 0.6 is 23.2 Å². The Hall–Kier alpha value is -1.77. The second-order valence-corrected chi connectivity index (χ2v) is 6.24. The number of benzene rings is 2. The van der Waals surface area contributed by atoms with E-state index in [4.69, 9.17) is 28.2 Å². The van der Waals surface area contributed by atoms with Gasteiger partial charge in [-0.3, -0.25) is 0 Å². The lowest BCUT2D eigenvalue weighted by Crippen LogP contribution is -2.23. The summed E-state index contributed by atoms with van der Waals surface area (Å²) in [4.78, 5) is 7.04. The van der Waals surface area contributed by atoms with Gasteiger partial charge in [-0.1, -0.05) is 35.3 Å². The van der Waals surface area contributed by atoms with E-state index in [1.54, 1.807) is 0 Å². The first kappa shape index (κ1) is 16.1. The highest BCUT2D eigenvalue weighted by atomic mass is 35.5. The van der Waals surface area contributed by atoms with E-state index in [2.05, 4.69) is 30.9 Å². The predicted molar refractivity (Wildman–Crippen MR) is 101 cm³/mol. The fourth-order valence-corrected chi connectivity index (χ4v) is 3.15. The van der Waals surface area contributed by atoms with Gasteiger partial charge < -0.3 is 4.90 Å². The van der Waals surface area contributed by atoms with Gasteiger partial charge in [0.25, 0.3) is 0 Å². The van der Waals surface area contributed by atoms with E-state index in [1.807, 2.05) is 36.4 Å². The third-order valence-electron chi connectivity index (χ3n) is 3.98. The summed E-state index contributed by atoms with van der Waals surface area (Å²) in [5.41, 5.74) is 3.11. The standard InChI is InChI=1S/C19H18Cl2N2/c1-3-23(4-2)19-12-16(13-6-5-7-14(20)10-13)17-11-15(21)8-9-18(17)22-19/h5-12H,3-4H2,1-2H3. The summed E-state index contributed by atoms with van der Waals surface area (Å²) < 4.78 is 0. The number of anilines is 1. The van der Waals surface area contributed by atoms with Crippen LogP contribution in [-0.4, -0.2) is 18.1 Å². The SMILES string of the molecule is CCN(CC)c1cc(-c2cccc(Cl)c2)c2cc(Cl)ccc2n1. The van der Waals surface area contributed by atoms with E-state index < -0.39 is 0 Å². The molecule has 0 aliphatic rings. The molecule has 3 rings (SSSR count). The molecule has 2 nitrogen and oxygen atoms in total. The molecule has 118 valence electrons. The Morgan fingerprint density at radius 2 is 1.65 bits per heavy atom. The molecule has 0 saturated heterocycles. The summed E-state index contributed by atoms with van der Waals surface area (Å²) >= 11 is 12.4. The van der Waals surface area contributed by atoms with Crippen molar-refractivity contribution < 1.29 is 0 Å². The van der Waals surface area contributed by atoms with Crippen LogP contribution in [0.3, 0.4) is 0 Å². The number of aromatic nitrogens is 1. The number of hydrogen-bond donors (Lipinski definition) is 0. The van der Waals surface area contributed by atoms with E-state index in [1.165, 1.54) is 0 Å². The lowest BCUT2D eigenvalue weighted by molar-refractivity contribution is 0.850. The smallest absolute Gasteiger partial charge is 0.129 e. The van der Waals surface area contributed by atoms with E-state index in [0.29, 0.717) is 5.02 Å². The second-order valence-electron chi connectivity index (χ2n) is 5.37. The van der Waals surface area contributed by atoms with Crippen LogP contribution in [0.2, 0.25) is 10.0 Å². The van der Waals surface area contributed by atoms with Gasteiger partial charge in [-0.25, -0.2) is 4.98 Å². The zero-order valence-corrected chi connectivity index (χ0v) is 14.7. The normalized spacial score (nSPS) is 11.0. The van der Waals surface area contributed by atoms with Crippen LogP contribution in [0.4, 0.5) is 5.82 Å². The van der Waals surface area contributed by atoms with Gasteiger partial charge in [0.15, 0.2) is 0 Å². The number of pyridine rings is 1. The van der Waals surface area contributed by atoms with Crippen LogP contribution in [0.5, 0.6) is 0 Å². The van der Waals surface area contributed by atoms with Crippen molar-refractivity contribution in [1.29, 1.82) is 0 Å². The number of rotatable bonds is 4. The molecule has 0 atom stereocenters. The minimum atomic E-state index is 0.707. The predicted octanol–water partition coefficient (Wildman–Crippen LogP) is 6.05. The van der Waals surface area contributed by atoms with Gasteiger partial charge >= 0.3 is 0 Å².